The largest absolute Gasteiger partial charge is 0.460 e. The lowest BCUT2D eigenvalue weighted by atomic mass is 10.0. The Morgan fingerprint density at radius 2 is 2.00 bits per heavy atom. The number of amides is 1. The minimum absolute atomic E-state index is 0.0783. The van der Waals surface area contributed by atoms with E-state index in [1.165, 1.54) is 0 Å². The molecule has 22 heavy (non-hydrogen) atoms. The van der Waals surface area contributed by atoms with Crippen LogP contribution in [0, 0.1) is 11.7 Å². The monoisotopic (exact) mass is 308 g/mol. The summed E-state index contributed by atoms with van der Waals surface area (Å²) in [6.07, 6.45) is 4.77. The molecule has 1 atom stereocenters. The smallest absolute Gasteiger partial charge is 0.316 e. The van der Waals surface area contributed by atoms with Gasteiger partial charge in [-0.25, -0.2) is 14.4 Å². The fraction of sp³-hybridized carbons (Fsp3) is 0.667. The Hall–Kier alpha value is -1.76. The predicted molar refractivity (Wildman–Crippen MR) is 77.8 cm³/mol. The first kappa shape index (κ1) is 15.1. The molecule has 0 bridgehead atoms. The van der Waals surface area contributed by atoms with Gasteiger partial charge in [0.2, 0.25) is 5.91 Å². The zero-order valence-electron chi connectivity index (χ0n) is 12.7. The molecular weight excluding hydrogens is 287 g/mol. The van der Waals surface area contributed by atoms with Gasteiger partial charge in [-0.1, -0.05) is 0 Å². The highest BCUT2D eigenvalue weighted by Gasteiger charge is 2.30. The van der Waals surface area contributed by atoms with Crippen molar-refractivity contribution in [3.05, 3.63) is 18.2 Å². The van der Waals surface area contributed by atoms with Gasteiger partial charge in [0.1, 0.15) is 6.10 Å². The second kappa shape index (κ2) is 6.56. The number of nitrogens with zero attached hydrogens (tertiary/aromatic N) is 4. The zero-order chi connectivity index (χ0) is 15.5. The molecule has 2 aliphatic heterocycles. The lowest BCUT2D eigenvalue weighted by Gasteiger charge is -2.32. The molecule has 3 heterocycles. The Kier molecular flexibility index (Phi) is 4.52. The highest BCUT2D eigenvalue weighted by atomic mass is 19.1. The van der Waals surface area contributed by atoms with Crippen LogP contribution in [0.3, 0.4) is 0 Å². The molecule has 0 spiro atoms. The van der Waals surface area contributed by atoms with Crippen LogP contribution in [0.4, 0.5) is 4.39 Å². The average molecular weight is 308 g/mol. The Bertz CT molecular complexity index is 517. The first-order valence-corrected chi connectivity index (χ1v) is 7.70. The van der Waals surface area contributed by atoms with Gasteiger partial charge < -0.3 is 14.5 Å². The van der Waals surface area contributed by atoms with Gasteiger partial charge in [0.25, 0.3) is 0 Å². The number of likely N-dealkylation sites (tertiary alicyclic amines) is 2. The number of carbonyl (C=O) groups excluding carboxylic acids is 1. The van der Waals surface area contributed by atoms with E-state index in [2.05, 4.69) is 14.9 Å². The summed E-state index contributed by atoms with van der Waals surface area (Å²) in [5.74, 6) is 0.227. The average Bonchev–Trinajstić information content (AvgIpc) is 2.82. The molecule has 1 aromatic heterocycles. The van der Waals surface area contributed by atoms with Crippen LogP contribution in [-0.4, -0.2) is 65.0 Å². The van der Waals surface area contributed by atoms with E-state index in [9.17, 15) is 9.18 Å². The summed E-state index contributed by atoms with van der Waals surface area (Å²) in [7, 11) is 1.87. The Morgan fingerprint density at radius 1 is 1.32 bits per heavy atom. The molecule has 120 valence electrons. The number of piperidine rings is 1. The molecule has 2 fully saturated rings. The van der Waals surface area contributed by atoms with Crippen molar-refractivity contribution >= 4 is 5.91 Å². The number of halogens is 1. The van der Waals surface area contributed by atoms with Crippen LogP contribution < -0.4 is 4.74 Å². The van der Waals surface area contributed by atoms with E-state index >= 15 is 0 Å². The van der Waals surface area contributed by atoms with Crippen LogP contribution in [-0.2, 0) is 4.79 Å². The fourth-order valence-electron chi connectivity index (χ4n) is 3.16. The Balaban J connectivity index is 1.42. The van der Waals surface area contributed by atoms with E-state index in [0.29, 0.717) is 12.3 Å². The standard InChI is InChI=1S/C15H21FN4O2/c1-19-9-11(6-14(19)21)10-20-4-2-13(3-5-20)22-15-17-7-12(16)8-18-15/h7-8,11,13H,2-6,9-10H2,1H3. The third kappa shape index (κ3) is 3.71. The number of aromatic nitrogens is 2. The molecule has 0 N–H and O–H groups in total. The molecule has 2 saturated heterocycles. The molecular formula is C15H21FN4O2. The minimum atomic E-state index is -0.460. The van der Waals surface area contributed by atoms with Crippen LogP contribution in [0.15, 0.2) is 12.4 Å². The number of ether oxygens (including phenoxy) is 1. The van der Waals surface area contributed by atoms with Gasteiger partial charge in [0.05, 0.1) is 12.4 Å². The van der Waals surface area contributed by atoms with Crippen LogP contribution in [0.1, 0.15) is 19.3 Å². The Labute approximate surface area is 129 Å². The van der Waals surface area contributed by atoms with E-state index in [-0.39, 0.29) is 18.0 Å². The maximum absolute atomic E-state index is 12.8. The summed E-state index contributed by atoms with van der Waals surface area (Å²) in [6.45, 7) is 3.72. The summed E-state index contributed by atoms with van der Waals surface area (Å²) in [4.78, 5) is 23.4. The fourth-order valence-corrected chi connectivity index (χ4v) is 3.16. The lowest BCUT2D eigenvalue weighted by molar-refractivity contribution is -0.126. The van der Waals surface area contributed by atoms with Gasteiger partial charge in [-0.2, -0.15) is 0 Å². The van der Waals surface area contributed by atoms with Crippen molar-refractivity contribution < 1.29 is 13.9 Å². The molecule has 7 heteroatoms. The van der Waals surface area contributed by atoms with Crippen molar-refractivity contribution in [3.63, 3.8) is 0 Å². The van der Waals surface area contributed by atoms with Crippen LogP contribution in [0.25, 0.3) is 0 Å². The quantitative estimate of drug-likeness (QED) is 0.828. The van der Waals surface area contributed by atoms with Gasteiger partial charge in [-0.05, 0) is 18.8 Å². The minimum Gasteiger partial charge on any atom is -0.460 e. The second-order valence-electron chi connectivity index (χ2n) is 6.15. The molecule has 1 aromatic rings. The van der Waals surface area contributed by atoms with E-state index in [1.807, 2.05) is 11.9 Å². The van der Waals surface area contributed by atoms with Gasteiger partial charge in [0.15, 0.2) is 5.82 Å². The summed E-state index contributed by atoms with van der Waals surface area (Å²) in [5, 5.41) is 0. The third-order valence-corrected chi connectivity index (χ3v) is 4.34. The van der Waals surface area contributed by atoms with Crippen LogP contribution >= 0.6 is 0 Å². The summed E-state index contributed by atoms with van der Waals surface area (Å²) >= 11 is 0. The van der Waals surface area contributed by atoms with Gasteiger partial charge >= 0.3 is 6.01 Å². The van der Waals surface area contributed by atoms with E-state index < -0.39 is 5.82 Å². The third-order valence-electron chi connectivity index (χ3n) is 4.34. The van der Waals surface area contributed by atoms with E-state index in [4.69, 9.17) is 4.74 Å². The van der Waals surface area contributed by atoms with Gasteiger partial charge in [0, 0.05) is 39.6 Å². The van der Waals surface area contributed by atoms with Crippen LogP contribution in [0.5, 0.6) is 6.01 Å². The number of rotatable bonds is 4. The maximum atomic E-state index is 12.8. The van der Waals surface area contributed by atoms with Crippen molar-refractivity contribution in [2.45, 2.75) is 25.4 Å². The lowest BCUT2D eigenvalue weighted by Crippen LogP contribution is -2.41. The highest BCUT2D eigenvalue weighted by Crippen LogP contribution is 2.21. The molecule has 1 amide bonds. The number of hydrogen-bond donors (Lipinski definition) is 0. The van der Waals surface area contributed by atoms with E-state index in [1.54, 1.807) is 0 Å². The SMILES string of the molecule is CN1CC(CN2CCC(Oc3ncc(F)cn3)CC2)CC1=O. The first-order valence-electron chi connectivity index (χ1n) is 7.70. The van der Waals surface area contributed by atoms with Crippen molar-refractivity contribution in [1.82, 2.24) is 19.8 Å². The number of carbonyl (C=O) groups is 1. The molecule has 0 aromatic carbocycles. The van der Waals surface area contributed by atoms with Gasteiger partial charge in [-0.3, -0.25) is 4.79 Å². The summed E-state index contributed by atoms with van der Waals surface area (Å²) in [6, 6.07) is 0.239. The molecule has 6 nitrogen and oxygen atoms in total. The van der Waals surface area contributed by atoms with Crippen LogP contribution in [0.2, 0.25) is 0 Å². The normalized spacial score (nSPS) is 24.0. The topological polar surface area (TPSA) is 58.6 Å². The highest BCUT2D eigenvalue weighted by molar-refractivity contribution is 5.78. The van der Waals surface area contributed by atoms with Crippen molar-refractivity contribution in [2.75, 3.05) is 33.2 Å². The first-order chi connectivity index (χ1) is 10.6. The molecule has 3 rings (SSSR count). The summed E-state index contributed by atoms with van der Waals surface area (Å²) < 4.78 is 18.4. The zero-order valence-corrected chi connectivity index (χ0v) is 12.7. The molecule has 0 saturated carbocycles. The maximum Gasteiger partial charge on any atom is 0.316 e. The van der Waals surface area contributed by atoms with E-state index in [0.717, 1.165) is 51.4 Å². The Morgan fingerprint density at radius 3 is 2.59 bits per heavy atom. The predicted octanol–water partition coefficient (Wildman–Crippen LogP) is 0.937. The molecule has 0 aliphatic carbocycles. The van der Waals surface area contributed by atoms with Crippen molar-refractivity contribution in [3.8, 4) is 6.01 Å². The molecule has 2 aliphatic rings. The van der Waals surface area contributed by atoms with Crippen molar-refractivity contribution in [1.29, 1.82) is 0 Å². The second-order valence-corrected chi connectivity index (χ2v) is 6.15. The number of hydrogen-bond acceptors (Lipinski definition) is 5. The van der Waals surface area contributed by atoms with Crippen molar-refractivity contribution in [2.24, 2.45) is 5.92 Å². The van der Waals surface area contributed by atoms with Gasteiger partial charge in [-0.15, -0.1) is 0 Å². The molecule has 0 radical (unpaired) electrons. The summed E-state index contributed by atoms with van der Waals surface area (Å²) in [5.41, 5.74) is 0. The molecule has 1 unspecified atom stereocenters.